The van der Waals surface area contributed by atoms with Crippen LogP contribution >= 0.6 is 0 Å². The Kier molecular flexibility index (Phi) is 2.95. The molecule has 0 aromatic heterocycles. The highest BCUT2D eigenvalue weighted by Gasteiger charge is 2.19. The van der Waals surface area contributed by atoms with Crippen LogP contribution in [0.25, 0.3) is 0 Å². The lowest BCUT2D eigenvalue weighted by Gasteiger charge is -2.24. The first-order valence-corrected chi connectivity index (χ1v) is 6.32. The molecular weight excluding hydrogens is 252 g/mol. The first kappa shape index (κ1) is 12.3. The Balaban J connectivity index is 2.19. The molecule has 0 radical (unpaired) electrons. The largest absolute Gasteiger partial charge is 0.399 e. The van der Waals surface area contributed by atoms with E-state index in [9.17, 15) is 4.79 Å². The lowest BCUT2D eigenvalue weighted by atomic mass is 10.1. The summed E-state index contributed by atoms with van der Waals surface area (Å²) in [5, 5.41) is 8.49. The van der Waals surface area contributed by atoms with Crippen molar-refractivity contribution in [1.29, 1.82) is 0 Å². The Hall–Kier alpha value is -2.69. The van der Waals surface area contributed by atoms with Gasteiger partial charge >= 0.3 is 0 Å². The van der Waals surface area contributed by atoms with Crippen molar-refractivity contribution in [2.45, 2.75) is 13.5 Å². The lowest BCUT2D eigenvalue weighted by Crippen LogP contribution is -2.28. The zero-order valence-corrected chi connectivity index (χ0v) is 11.1. The number of nitrogens with two attached hydrogens (primary N) is 1. The minimum absolute atomic E-state index is 0.0303. The summed E-state index contributed by atoms with van der Waals surface area (Å²) in [6, 6.07) is 12.9. The highest BCUT2D eigenvalue weighted by Crippen LogP contribution is 2.36. The molecule has 2 aromatic carbocycles. The van der Waals surface area contributed by atoms with Crippen molar-refractivity contribution in [3.05, 3.63) is 48.0 Å². The molecule has 5 nitrogen and oxygen atoms in total. The minimum atomic E-state index is -0.0303. The average Bonchev–Trinajstić information content (AvgIpc) is 2.42. The zero-order chi connectivity index (χ0) is 14.1. The van der Waals surface area contributed by atoms with Gasteiger partial charge in [-0.05, 0) is 29.8 Å². The molecule has 1 aliphatic heterocycles. The van der Waals surface area contributed by atoms with Crippen molar-refractivity contribution in [2.75, 3.05) is 10.6 Å². The van der Waals surface area contributed by atoms with Gasteiger partial charge in [0.05, 0.1) is 17.9 Å². The fourth-order valence-corrected chi connectivity index (χ4v) is 2.23. The van der Waals surface area contributed by atoms with E-state index in [4.69, 9.17) is 5.73 Å². The number of fused-ring (bicyclic) bond motifs is 2. The van der Waals surface area contributed by atoms with E-state index >= 15 is 0 Å². The van der Waals surface area contributed by atoms with Gasteiger partial charge in [-0.2, -0.15) is 5.11 Å². The van der Waals surface area contributed by atoms with Crippen LogP contribution < -0.4 is 10.6 Å². The van der Waals surface area contributed by atoms with Gasteiger partial charge in [-0.1, -0.05) is 18.2 Å². The number of nitrogen functional groups attached to an aromatic ring is 1. The third-order valence-corrected chi connectivity index (χ3v) is 3.26. The highest BCUT2D eigenvalue weighted by molar-refractivity contribution is 5.94. The number of para-hydroxylation sites is 1. The number of amides is 1. The highest BCUT2D eigenvalue weighted by atomic mass is 16.2. The SMILES string of the molecule is CC(=O)N1Cc2ccc(N)cc2N=Nc2ccccc21. The quantitative estimate of drug-likeness (QED) is 0.741. The molecule has 1 amide bonds. The van der Waals surface area contributed by atoms with Crippen LogP contribution in [-0.2, 0) is 11.3 Å². The predicted octanol–water partition coefficient (Wildman–Crippen LogP) is 3.55. The van der Waals surface area contributed by atoms with Gasteiger partial charge in [0.1, 0.15) is 5.69 Å². The topological polar surface area (TPSA) is 71.0 Å². The van der Waals surface area contributed by atoms with E-state index in [1.807, 2.05) is 30.3 Å². The number of anilines is 2. The molecule has 1 aliphatic rings. The maximum absolute atomic E-state index is 11.9. The summed E-state index contributed by atoms with van der Waals surface area (Å²) >= 11 is 0. The fourth-order valence-electron chi connectivity index (χ4n) is 2.23. The van der Waals surface area contributed by atoms with Gasteiger partial charge < -0.3 is 10.6 Å². The Labute approximate surface area is 116 Å². The molecule has 2 aromatic rings. The zero-order valence-electron chi connectivity index (χ0n) is 11.1. The molecule has 2 N–H and O–H groups in total. The molecule has 3 rings (SSSR count). The molecule has 0 unspecified atom stereocenters. The first-order valence-electron chi connectivity index (χ1n) is 6.32. The van der Waals surface area contributed by atoms with Gasteiger partial charge in [0.25, 0.3) is 0 Å². The maximum Gasteiger partial charge on any atom is 0.224 e. The smallest absolute Gasteiger partial charge is 0.224 e. The summed E-state index contributed by atoms with van der Waals surface area (Å²) in [4.78, 5) is 13.6. The van der Waals surface area contributed by atoms with Crippen molar-refractivity contribution >= 4 is 28.7 Å². The number of hydrogen-bond donors (Lipinski definition) is 1. The number of rotatable bonds is 0. The van der Waals surface area contributed by atoms with Crippen LogP contribution in [0.5, 0.6) is 0 Å². The molecule has 1 heterocycles. The summed E-state index contributed by atoms with van der Waals surface area (Å²) in [5.41, 5.74) is 9.48. The van der Waals surface area contributed by atoms with E-state index in [2.05, 4.69) is 10.2 Å². The van der Waals surface area contributed by atoms with Crippen LogP contribution in [-0.4, -0.2) is 5.91 Å². The average molecular weight is 266 g/mol. The lowest BCUT2D eigenvalue weighted by molar-refractivity contribution is -0.116. The Morgan fingerprint density at radius 3 is 2.70 bits per heavy atom. The number of azo groups is 1. The molecule has 0 aliphatic carbocycles. The molecule has 0 atom stereocenters. The number of carbonyl (C=O) groups is 1. The number of nitrogens with zero attached hydrogens (tertiary/aromatic N) is 3. The van der Waals surface area contributed by atoms with Crippen LogP contribution in [0.2, 0.25) is 0 Å². The monoisotopic (exact) mass is 266 g/mol. The van der Waals surface area contributed by atoms with Crippen molar-refractivity contribution in [1.82, 2.24) is 0 Å². The summed E-state index contributed by atoms with van der Waals surface area (Å²) in [6.45, 7) is 2.01. The van der Waals surface area contributed by atoms with E-state index in [1.54, 1.807) is 24.0 Å². The van der Waals surface area contributed by atoms with Gasteiger partial charge in [-0.3, -0.25) is 4.79 Å². The summed E-state index contributed by atoms with van der Waals surface area (Å²) in [5.74, 6) is -0.0303. The van der Waals surface area contributed by atoms with Crippen LogP contribution in [0.15, 0.2) is 52.7 Å². The third-order valence-electron chi connectivity index (χ3n) is 3.26. The molecule has 20 heavy (non-hydrogen) atoms. The summed E-state index contributed by atoms with van der Waals surface area (Å²) in [7, 11) is 0. The number of carbonyl (C=O) groups excluding carboxylic acids is 1. The standard InChI is InChI=1S/C15H14N4O/c1-10(20)19-9-11-6-7-12(16)8-14(11)18-17-13-4-2-3-5-15(13)19/h2-8H,9,16H2,1H3. The second-order valence-electron chi connectivity index (χ2n) is 4.68. The van der Waals surface area contributed by atoms with Crippen LogP contribution in [0.3, 0.4) is 0 Å². The normalized spacial score (nSPS) is 13.2. The molecule has 100 valence electrons. The van der Waals surface area contributed by atoms with E-state index in [0.29, 0.717) is 23.6 Å². The van der Waals surface area contributed by atoms with Crippen molar-refractivity contribution in [3.63, 3.8) is 0 Å². The van der Waals surface area contributed by atoms with Gasteiger partial charge in [0, 0.05) is 12.6 Å². The van der Waals surface area contributed by atoms with Crippen LogP contribution in [0, 0.1) is 0 Å². The van der Waals surface area contributed by atoms with Gasteiger partial charge in [0.15, 0.2) is 0 Å². The van der Waals surface area contributed by atoms with Crippen molar-refractivity contribution in [2.24, 2.45) is 10.2 Å². The Morgan fingerprint density at radius 1 is 1.15 bits per heavy atom. The maximum atomic E-state index is 11.9. The van der Waals surface area contributed by atoms with E-state index in [1.165, 1.54) is 0 Å². The van der Waals surface area contributed by atoms with Gasteiger partial charge in [-0.25, -0.2) is 0 Å². The van der Waals surface area contributed by atoms with Crippen molar-refractivity contribution in [3.8, 4) is 0 Å². The van der Waals surface area contributed by atoms with E-state index in [0.717, 1.165) is 11.3 Å². The first-order chi connectivity index (χ1) is 9.65. The fraction of sp³-hybridized carbons (Fsp3) is 0.133. The third kappa shape index (κ3) is 2.14. The van der Waals surface area contributed by atoms with Crippen LogP contribution in [0.4, 0.5) is 22.7 Å². The van der Waals surface area contributed by atoms with E-state index in [-0.39, 0.29) is 5.91 Å². The molecule has 0 saturated carbocycles. The Bertz CT molecular complexity index is 709. The molecule has 0 fully saturated rings. The summed E-state index contributed by atoms with van der Waals surface area (Å²) < 4.78 is 0. The molecule has 0 bridgehead atoms. The minimum Gasteiger partial charge on any atom is -0.399 e. The second-order valence-corrected chi connectivity index (χ2v) is 4.68. The molecular formula is C15H14N4O. The number of hydrogen-bond acceptors (Lipinski definition) is 4. The van der Waals surface area contributed by atoms with Gasteiger partial charge in [0.2, 0.25) is 5.91 Å². The molecule has 0 saturated heterocycles. The van der Waals surface area contributed by atoms with Gasteiger partial charge in [-0.15, -0.1) is 5.11 Å². The van der Waals surface area contributed by atoms with Crippen LogP contribution in [0.1, 0.15) is 12.5 Å². The number of benzene rings is 2. The Morgan fingerprint density at radius 2 is 1.90 bits per heavy atom. The second kappa shape index (κ2) is 4.77. The molecule has 5 heteroatoms. The molecule has 0 spiro atoms. The van der Waals surface area contributed by atoms with E-state index < -0.39 is 0 Å². The van der Waals surface area contributed by atoms with Crippen molar-refractivity contribution < 1.29 is 4.79 Å². The predicted molar refractivity (Wildman–Crippen MR) is 78.3 cm³/mol. The summed E-state index contributed by atoms with van der Waals surface area (Å²) in [6.07, 6.45) is 0.